The van der Waals surface area contributed by atoms with Crippen LogP contribution in [0.3, 0.4) is 0 Å². The molecule has 0 spiro atoms. The summed E-state index contributed by atoms with van der Waals surface area (Å²) in [5.41, 5.74) is 1.49. The number of amides is 1. The third kappa shape index (κ3) is 4.55. The molecule has 138 valence electrons. The van der Waals surface area contributed by atoms with E-state index < -0.39 is 4.92 Å². The highest BCUT2D eigenvalue weighted by atomic mass is 16.6. The highest BCUT2D eigenvalue weighted by Gasteiger charge is 2.20. The second-order valence-corrected chi connectivity index (χ2v) is 6.20. The second kappa shape index (κ2) is 8.22. The molecule has 0 saturated heterocycles. The summed E-state index contributed by atoms with van der Waals surface area (Å²) in [6, 6.07) is 14.2. The van der Waals surface area contributed by atoms with Gasteiger partial charge in [0.25, 0.3) is 11.6 Å². The number of nitro benzene ring substituents is 1. The fourth-order valence-corrected chi connectivity index (χ4v) is 2.74. The molecule has 0 bridgehead atoms. The number of rotatable bonds is 7. The molecule has 1 atom stereocenters. The first-order valence-electron chi connectivity index (χ1n) is 8.53. The zero-order valence-corrected chi connectivity index (χ0v) is 14.8. The van der Waals surface area contributed by atoms with Crippen LogP contribution in [0.15, 0.2) is 61.2 Å². The molecular weight excluding hydrogens is 346 g/mol. The van der Waals surface area contributed by atoms with Gasteiger partial charge in [0, 0.05) is 17.7 Å². The molecule has 1 amide bonds. The van der Waals surface area contributed by atoms with E-state index in [9.17, 15) is 14.9 Å². The normalized spacial score (nSPS) is 11.7. The van der Waals surface area contributed by atoms with Crippen molar-refractivity contribution in [3.8, 4) is 5.69 Å². The largest absolute Gasteiger partial charge is 0.350 e. The van der Waals surface area contributed by atoms with Gasteiger partial charge in [-0.15, -0.1) is 0 Å². The van der Waals surface area contributed by atoms with Crippen molar-refractivity contribution in [1.82, 2.24) is 20.1 Å². The molecule has 0 aliphatic heterocycles. The lowest BCUT2D eigenvalue weighted by molar-refractivity contribution is -0.384. The smallest absolute Gasteiger partial charge is 0.295 e. The Morgan fingerprint density at radius 3 is 2.70 bits per heavy atom. The number of carbonyl (C=O) groups is 1. The zero-order chi connectivity index (χ0) is 19.2. The molecule has 2 aromatic carbocycles. The Labute approximate surface area is 156 Å². The van der Waals surface area contributed by atoms with E-state index in [-0.39, 0.29) is 28.9 Å². The van der Waals surface area contributed by atoms with Crippen LogP contribution in [0.4, 0.5) is 5.69 Å². The lowest BCUT2D eigenvalue weighted by Gasteiger charge is -2.14. The maximum absolute atomic E-state index is 12.5. The summed E-state index contributed by atoms with van der Waals surface area (Å²) < 4.78 is 1.29. The number of aromatic nitrogens is 3. The van der Waals surface area contributed by atoms with Crippen LogP contribution in [-0.2, 0) is 6.42 Å². The highest BCUT2D eigenvalue weighted by Crippen LogP contribution is 2.23. The van der Waals surface area contributed by atoms with Gasteiger partial charge in [-0.25, -0.2) is 9.67 Å². The van der Waals surface area contributed by atoms with E-state index in [4.69, 9.17) is 0 Å². The van der Waals surface area contributed by atoms with Gasteiger partial charge in [0.15, 0.2) is 0 Å². The molecule has 8 heteroatoms. The molecule has 1 heterocycles. The van der Waals surface area contributed by atoms with Crippen LogP contribution >= 0.6 is 0 Å². The Bertz CT molecular complexity index is 926. The van der Waals surface area contributed by atoms with Gasteiger partial charge >= 0.3 is 0 Å². The van der Waals surface area contributed by atoms with Crippen LogP contribution in [0.5, 0.6) is 0 Å². The molecule has 0 aliphatic carbocycles. The molecule has 0 saturated carbocycles. The minimum atomic E-state index is -0.535. The van der Waals surface area contributed by atoms with Crippen LogP contribution in [0.25, 0.3) is 5.69 Å². The summed E-state index contributed by atoms with van der Waals surface area (Å²) in [4.78, 5) is 27.1. The first kappa shape index (κ1) is 18.2. The average Bonchev–Trinajstić information content (AvgIpc) is 3.21. The van der Waals surface area contributed by atoms with Crippen molar-refractivity contribution >= 4 is 11.6 Å². The van der Waals surface area contributed by atoms with Gasteiger partial charge in [0.2, 0.25) is 0 Å². The van der Waals surface area contributed by atoms with Crippen molar-refractivity contribution in [3.63, 3.8) is 0 Å². The molecule has 0 unspecified atom stereocenters. The van der Waals surface area contributed by atoms with Crippen molar-refractivity contribution in [2.45, 2.75) is 25.8 Å². The minimum absolute atomic E-state index is 0.0632. The Hall–Kier alpha value is -3.55. The fourth-order valence-electron chi connectivity index (χ4n) is 2.74. The zero-order valence-electron chi connectivity index (χ0n) is 14.8. The summed E-state index contributed by atoms with van der Waals surface area (Å²) in [5, 5.41) is 18.2. The fraction of sp³-hybridized carbons (Fsp3) is 0.211. The van der Waals surface area contributed by atoms with Crippen LogP contribution in [0, 0.1) is 10.1 Å². The topological polar surface area (TPSA) is 103 Å². The van der Waals surface area contributed by atoms with Gasteiger partial charge in [0.05, 0.1) is 4.92 Å². The Morgan fingerprint density at radius 2 is 2.04 bits per heavy atom. The summed E-state index contributed by atoms with van der Waals surface area (Å²) in [5.74, 6) is -0.344. The summed E-state index contributed by atoms with van der Waals surface area (Å²) in [6.07, 6.45) is 4.27. The molecule has 3 rings (SSSR count). The maximum atomic E-state index is 12.5. The van der Waals surface area contributed by atoms with Gasteiger partial charge in [-0.3, -0.25) is 14.9 Å². The third-order valence-electron chi connectivity index (χ3n) is 4.19. The molecule has 1 aromatic heterocycles. The molecule has 0 fully saturated rings. The number of nitrogens with zero attached hydrogens (tertiary/aromatic N) is 4. The Kier molecular flexibility index (Phi) is 5.55. The van der Waals surface area contributed by atoms with E-state index in [0.717, 1.165) is 12.8 Å². The minimum Gasteiger partial charge on any atom is -0.350 e. The number of hydrogen-bond donors (Lipinski definition) is 1. The molecule has 0 aliphatic rings. The average molecular weight is 365 g/mol. The third-order valence-corrected chi connectivity index (χ3v) is 4.19. The second-order valence-electron chi connectivity index (χ2n) is 6.20. The van der Waals surface area contributed by atoms with Gasteiger partial charge in [-0.1, -0.05) is 30.3 Å². The standard InChI is InChI=1S/C19H19N5O3/c1-14(7-8-15-5-3-2-4-6-15)22-19(25)16-9-10-17(18(11-16)24(26)27)23-13-20-12-21-23/h2-6,9-14H,7-8H2,1H3,(H,22,25)/t14-/m0/s1. The van der Waals surface area contributed by atoms with Crippen LogP contribution in [-0.4, -0.2) is 31.6 Å². The molecule has 27 heavy (non-hydrogen) atoms. The van der Waals surface area contributed by atoms with Crippen molar-refractivity contribution in [3.05, 3.63) is 82.4 Å². The molecule has 3 aromatic rings. The number of hydrogen-bond acceptors (Lipinski definition) is 5. The molecule has 0 radical (unpaired) electrons. The first-order valence-corrected chi connectivity index (χ1v) is 8.53. The number of nitro groups is 1. The Morgan fingerprint density at radius 1 is 1.26 bits per heavy atom. The molecule has 1 N–H and O–H groups in total. The van der Waals surface area contributed by atoms with E-state index in [1.165, 1.54) is 35.0 Å². The SMILES string of the molecule is C[C@@H](CCc1ccccc1)NC(=O)c1ccc(-n2cncn2)c([N+](=O)[O-])c1. The molecule has 8 nitrogen and oxygen atoms in total. The number of aryl methyl sites for hydroxylation is 1. The van der Waals surface area contributed by atoms with E-state index >= 15 is 0 Å². The van der Waals surface area contributed by atoms with Gasteiger partial charge < -0.3 is 5.32 Å². The lowest BCUT2D eigenvalue weighted by Crippen LogP contribution is -2.33. The van der Waals surface area contributed by atoms with Gasteiger partial charge in [-0.05, 0) is 37.5 Å². The number of carbonyl (C=O) groups excluding carboxylic acids is 1. The monoisotopic (exact) mass is 365 g/mol. The number of benzene rings is 2. The van der Waals surface area contributed by atoms with Crippen LogP contribution in [0.2, 0.25) is 0 Å². The first-order chi connectivity index (χ1) is 13.0. The van der Waals surface area contributed by atoms with Gasteiger partial charge in [0.1, 0.15) is 18.3 Å². The van der Waals surface area contributed by atoms with Crippen LogP contribution in [0.1, 0.15) is 29.3 Å². The predicted octanol–water partition coefficient (Wildman–Crippen LogP) is 2.93. The summed E-state index contributed by atoms with van der Waals surface area (Å²) in [6.45, 7) is 1.92. The van der Waals surface area contributed by atoms with E-state index in [0.29, 0.717) is 0 Å². The number of nitrogens with one attached hydrogen (secondary N) is 1. The van der Waals surface area contributed by atoms with Gasteiger partial charge in [-0.2, -0.15) is 5.10 Å². The van der Waals surface area contributed by atoms with Crippen molar-refractivity contribution in [2.75, 3.05) is 0 Å². The maximum Gasteiger partial charge on any atom is 0.295 e. The van der Waals surface area contributed by atoms with Crippen molar-refractivity contribution in [2.24, 2.45) is 0 Å². The van der Waals surface area contributed by atoms with E-state index in [2.05, 4.69) is 15.4 Å². The Balaban J connectivity index is 1.69. The van der Waals surface area contributed by atoms with Crippen molar-refractivity contribution in [1.29, 1.82) is 0 Å². The van der Waals surface area contributed by atoms with Crippen molar-refractivity contribution < 1.29 is 9.72 Å². The summed E-state index contributed by atoms with van der Waals surface area (Å²) >= 11 is 0. The van der Waals surface area contributed by atoms with Crippen LogP contribution < -0.4 is 5.32 Å². The highest BCUT2D eigenvalue weighted by molar-refractivity contribution is 5.95. The quantitative estimate of drug-likeness (QED) is 0.512. The summed E-state index contributed by atoms with van der Waals surface area (Å²) in [7, 11) is 0. The predicted molar refractivity (Wildman–Crippen MR) is 99.7 cm³/mol. The molecular formula is C19H19N5O3. The lowest BCUT2D eigenvalue weighted by atomic mass is 10.1. The van der Waals surface area contributed by atoms with E-state index in [1.54, 1.807) is 6.07 Å². The van der Waals surface area contributed by atoms with E-state index in [1.807, 2.05) is 37.3 Å².